The first-order valence-corrected chi connectivity index (χ1v) is 9.70. The maximum atomic E-state index is 13.4. The van der Waals surface area contributed by atoms with Crippen LogP contribution in [0, 0.1) is 6.92 Å². The van der Waals surface area contributed by atoms with Crippen molar-refractivity contribution in [3.05, 3.63) is 89.3 Å². The van der Waals surface area contributed by atoms with Gasteiger partial charge in [-0.3, -0.25) is 4.79 Å². The number of ether oxygens (including phenoxy) is 1. The van der Waals surface area contributed by atoms with Gasteiger partial charge in [-0.15, -0.1) is 0 Å². The van der Waals surface area contributed by atoms with E-state index >= 15 is 0 Å². The molecule has 0 radical (unpaired) electrons. The molecule has 0 amide bonds. The van der Waals surface area contributed by atoms with Gasteiger partial charge >= 0.3 is 0 Å². The summed E-state index contributed by atoms with van der Waals surface area (Å²) in [5.74, 6) is 0.439. The average Bonchev–Trinajstić information content (AvgIpc) is 3.18. The molecule has 4 aromatic rings. The molecule has 4 rings (SSSR count). The fourth-order valence-corrected chi connectivity index (χ4v) is 3.13. The number of rotatable bonds is 6. The van der Waals surface area contributed by atoms with Crippen LogP contribution in [0.5, 0.6) is 11.5 Å². The normalized spacial score (nSPS) is 11.6. The second-order valence-corrected chi connectivity index (χ2v) is 6.90. The van der Waals surface area contributed by atoms with E-state index in [2.05, 4.69) is 4.98 Å². The monoisotopic (exact) mass is 399 g/mol. The highest BCUT2D eigenvalue weighted by Gasteiger charge is 2.20. The van der Waals surface area contributed by atoms with Gasteiger partial charge in [0.15, 0.2) is 22.9 Å². The van der Waals surface area contributed by atoms with Crippen LogP contribution in [0.2, 0.25) is 0 Å². The second kappa shape index (κ2) is 8.25. The fourth-order valence-electron chi connectivity index (χ4n) is 3.13. The van der Waals surface area contributed by atoms with Crippen molar-refractivity contribution < 1.29 is 19.1 Å². The number of carbonyl (C=O) groups excluding carboxylic acids is 1. The minimum Gasteiger partial charge on any atom is -0.504 e. The van der Waals surface area contributed by atoms with E-state index in [1.165, 1.54) is 6.07 Å². The van der Waals surface area contributed by atoms with Crippen molar-refractivity contribution in [2.75, 3.05) is 6.61 Å². The number of ketones is 1. The lowest BCUT2D eigenvalue weighted by Crippen LogP contribution is -2.03. The van der Waals surface area contributed by atoms with Crippen LogP contribution in [0.15, 0.2) is 71.1 Å². The number of aromatic nitrogens is 1. The highest BCUT2D eigenvalue weighted by Crippen LogP contribution is 2.31. The Morgan fingerprint density at radius 1 is 1.10 bits per heavy atom. The molecule has 0 unspecified atom stereocenters. The Labute approximate surface area is 174 Å². The minimum absolute atomic E-state index is 0.0438. The summed E-state index contributed by atoms with van der Waals surface area (Å²) in [6.07, 6.45) is 1.70. The molecule has 0 spiro atoms. The Hall–Kier alpha value is -3.86. The predicted molar refractivity (Wildman–Crippen MR) is 117 cm³/mol. The van der Waals surface area contributed by atoms with Gasteiger partial charge in [0.1, 0.15) is 5.52 Å². The Morgan fingerprint density at radius 3 is 2.60 bits per heavy atom. The number of para-hydroxylation sites is 2. The van der Waals surface area contributed by atoms with E-state index in [4.69, 9.17) is 9.15 Å². The Kier molecular flexibility index (Phi) is 5.35. The third-order valence-corrected chi connectivity index (χ3v) is 4.68. The molecule has 0 atom stereocenters. The molecule has 0 fully saturated rings. The molecule has 0 saturated carbocycles. The molecule has 150 valence electrons. The average molecular weight is 399 g/mol. The number of hydrogen-bond acceptors (Lipinski definition) is 5. The molecule has 5 nitrogen and oxygen atoms in total. The molecular weight excluding hydrogens is 378 g/mol. The third-order valence-electron chi connectivity index (χ3n) is 4.68. The van der Waals surface area contributed by atoms with Crippen LogP contribution in [0.4, 0.5) is 0 Å². The van der Waals surface area contributed by atoms with Crippen molar-refractivity contribution in [3.8, 4) is 11.5 Å². The number of phenols is 1. The van der Waals surface area contributed by atoms with Crippen LogP contribution < -0.4 is 4.74 Å². The summed E-state index contributed by atoms with van der Waals surface area (Å²) in [6, 6.07) is 19.7. The first-order valence-electron chi connectivity index (χ1n) is 9.70. The second-order valence-electron chi connectivity index (χ2n) is 6.90. The number of phenolic OH excluding ortho intramolecular Hbond substituents is 1. The minimum atomic E-state index is -0.201. The number of nitrogens with zero attached hydrogens (tertiary/aromatic N) is 1. The molecule has 30 heavy (non-hydrogen) atoms. The van der Waals surface area contributed by atoms with E-state index in [1.54, 1.807) is 30.3 Å². The van der Waals surface area contributed by atoms with E-state index in [9.17, 15) is 9.90 Å². The largest absolute Gasteiger partial charge is 0.504 e. The standard InChI is InChI=1S/C25H21NO4/c1-3-29-23-15-17(10-13-21(23)27)14-19(24(28)18-11-8-16(2)9-12-18)25-26-20-6-4-5-7-22(20)30-25/h4-15,27H,3H2,1-2H3/b19-14-. The lowest BCUT2D eigenvalue weighted by molar-refractivity contribution is 0.105. The van der Waals surface area contributed by atoms with Gasteiger partial charge in [-0.2, -0.15) is 0 Å². The summed E-state index contributed by atoms with van der Waals surface area (Å²) in [4.78, 5) is 17.9. The first kappa shape index (κ1) is 19.5. The molecule has 0 aliphatic rings. The van der Waals surface area contributed by atoms with Crippen molar-refractivity contribution in [2.45, 2.75) is 13.8 Å². The predicted octanol–water partition coefficient (Wildman–Crippen LogP) is 5.66. The fraction of sp³-hybridized carbons (Fsp3) is 0.120. The van der Waals surface area contributed by atoms with Gasteiger partial charge < -0.3 is 14.3 Å². The smallest absolute Gasteiger partial charge is 0.231 e. The van der Waals surface area contributed by atoms with Crippen molar-refractivity contribution in [1.82, 2.24) is 4.98 Å². The van der Waals surface area contributed by atoms with Gasteiger partial charge in [-0.25, -0.2) is 4.98 Å². The van der Waals surface area contributed by atoms with Crippen LogP contribution >= 0.6 is 0 Å². The molecule has 5 heteroatoms. The Morgan fingerprint density at radius 2 is 1.87 bits per heavy atom. The van der Waals surface area contributed by atoms with Crippen molar-refractivity contribution in [2.24, 2.45) is 0 Å². The molecule has 0 aliphatic carbocycles. The molecular formula is C25H21NO4. The van der Waals surface area contributed by atoms with Crippen LogP contribution in [0.1, 0.15) is 34.3 Å². The van der Waals surface area contributed by atoms with E-state index in [-0.39, 0.29) is 17.4 Å². The van der Waals surface area contributed by atoms with Gasteiger partial charge in [0.05, 0.1) is 12.2 Å². The van der Waals surface area contributed by atoms with E-state index < -0.39 is 0 Å². The zero-order valence-electron chi connectivity index (χ0n) is 16.8. The molecule has 0 aliphatic heterocycles. The number of Topliss-reactive ketones (excluding diaryl/α,β-unsaturated/α-hetero) is 1. The number of carbonyl (C=O) groups is 1. The number of hydrogen-bond donors (Lipinski definition) is 1. The maximum absolute atomic E-state index is 13.4. The molecule has 1 aromatic heterocycles. The quantitative estimate of drug-likeness (QED) is 0.334. The van der Waals surface area contributed by atoms with Gasteiger partial charge in [0, 0.05) is 5.56 Å². The van der Waals surface area contributed by atoms with E-state index in [0.717, 1.165) is 5.56 Å². The number of fused-ring (bicyclic) bond motifs is 1. The van der Waals surface area contributed by atoms with Gasteiger partial charge in [0.2, 0.25) is 5.89 Å². The van der Waals surface area contributed by atoms with Crippen LogP contribution in [0.25, 0.3) is 22.7 Å². The topological polar surface area (TPSA) is 72.6 Å². The first-order chi connectivity index (χ1) is 14.5. The zero-order chi connectivity index (χ0) is 21.1. The maximum Gasteiger partial charge on any atom is 0.231 e. The van der Waals surface area contributed by atoms with Crippen molar-refractivity contribution in [1.29, 1.82) is 0 Å². The Bertz CT molecular complexity index is 1200. The molecule has 3 aromatic carbocycles. The highest BCUT2D eigenvalue weighted by atomic mass is 16.5. The van der Waals surface area contributed by atoms with E-state index in [0.29, 0.717) is 40.2 Å². The third kappa shape index (κ3) is 3.96. The van der Waals surface area contributed by atoms with Gasteiger partial charge in [-0.1, -0.05) is 48.0 Å². The number of aromatic hydroxyl groups is 1. The molecule has 0 saturated heterocycles. The molecule has 1 heterocycles. The summed E-state index contributed by atoms with van der Waals surface area (Å²) >= 11 is 0. The number of aryl methyl sites for hydroxylation is 1. The zero-order valence-corrected chi connectivity index (χ0v) is 16.8. The van der Waals surface area contributed by atoms with Crippen molar-refractivity contribution >= 4 is 28.5 Å². The summed E-state index contributed by atoms with van der Waals surface area (Å²) in [7, 11) is 0. The lowest BCUT2D eigenvalue weighted by atomic mass is 10.00. The molecule has 1 N–H and O–H groups in total. The van der Waals surface area contributed by atoms with Crippen LogP contribution in [-0.2, 0) is 0 Å². The highest BCUT2D eigenvalue weighted by molar-refractivity contribution is 6.31. The number of oxazole rings is 1. The SMILES string of the molecule is CCOc1cc(/C=C(/C(=O)c2ccc(C)cc2)c2nc3ccccc3o2)ccc1O. The molecule has 0 bridgehead atoms. The summed E-state index contributed by atoms with van der Waals surface area (Å²) in [5.41, 5.74) is 3.90. The van der Waals surface area contributed by atoms with E-state index in [1.807, 2.05) is 50.2 Å². The summed E-state index contributed by atoms with van der Waals surface area (Å²) < 4.78 is 11.4. The lowest BCUT2D eigenvalue weighted by Gasteiger charge is -2.08. The van der Waals surface area contributed by atoms with Crippen molar-refractivity contribution in [3.63, 3.8) is 0 Å². The summed E-state index contributed by atoms with van der Waals surface area (Å²) in [6.45, 7) is 4.23. The number of allylic oxidation sites excluding steroid dienone is 1. The number of benzene rings is 3. The summed E-state index contributed by atoms with van der Waals surface area (Å²) in [5, 5.41) is 9.98. The Balaban J connectivity index is 1.84. The van der Waals surface area contributed by atoms with Gasteiger partial charge in [-0.05, 0) is 49.8 Å². The van der Waals surface area contributed by atoms with Crippen LogP contribution in [-0.4, -0.2) is 22.5 Å². The van der Waals surface area contributed by atoms with Crippen LogP contribution in [0.3, 0.4) is 0 Å². The van der Waals surface area contributed by atoms with Gasteiger partial charge in [0.25, 0.3) is 0 Å².